The Kier molecular flexibility index (Phi) is 24.1. The first-order valence-electron chi connectivity index (χ1n) is 15.2. The summed E-state index contributed by atoms with van der Waals surface area (Å²) in [6, 6.07) is 10.5. The van der Waals surface area contributed by atoms with Crippen LogP contribution in [0.1, 0.15) is 154 Å². The van der Waals surface area contributed by atoms with Gasteiger partial charge in [0, 0.05) is 6.61 Å². The monoisotopic (exact) mass is 470 g/mol. The van der Waals surface area contributed by atoms with Crippen LogP contribution in [0.2, 0.25) is 0 Å². The number of unbranched alkanes of at least 4 members (excludes halogenated alkanes) is 20. The lowest BCUT2D eigenvalue weighted by Gasteiger charge is -2.05. The highest BCUT2D eigenvalue weighted by Gasteiger charge is 1.96. The molecule has 0 unspecified atom stereocenters. The average Bonchev–Trinajstić information content (AvgIpc) is 2.87. The molecule has 0 N–H and O–H groups in total. The van der Waals surface area contributed by atoms with Gasteiger partial charge >= 0.3 is 0 Å². The van der Waals surface area contributed by atoms with E-state index in [0.29, 0.717) is 0 Å². The molecule has 0 heterocycles. The Hall–Kier alpha value is -1.08. The van der Waals surface area contributed by atoms with E-state index >= 15 is 0 Å². The molecule has 0 aliphatic heterocycles. The third-order valence-electron chi connectivity index (χ3n) is 6.91. The first kappa shape index (κ1) is 31.0. The molecule has 0 fully saturated rings. The van der Waals surface area contributed by atoms with Crippen LogP contribution in [0.3, 0.4) is 0 Å². The van der Waals surface area contributed by atoms with Gasteiger partial charge < -0.3 is 4.74 Å². The van der Waals surface area contributed by atoms with Crippen LogP contribution >= 0.6 is 0 Å². The second-order valence-electron chi connectivity index (χ2n) is 10.3. The fourth-order valence-electron chi connectivity index (χ4n) is 4.63. The summed E-state index contributed by atoms with van der Waals surface area (Å²) in [4.78, 5) is 0. The maximum Gasteiger partial charge on any atom is 0.0716 e. The highest BCUT2D eigenvalue weighted by molar-refractivity contribution is 5.13. The molecule has 1 aromatic rings. The first-order chi connectivity index (χ1) is 16.9. The van der Waals surface area contributed by atoms with Gasteiger partial charge in [-0.25, -0.2) is 0 Å². The van der Waals surface area contributed by atoms with Crippen molar-refractivity contribution in [3.8, 4) is 0 Å². The zero-order valence-electron chi connectivity index (χ0n) is 22.9. The van der Waals surface area contributed by atoms with Gasteiger partial charge in [0.1, 0.15) is 0 Å². The average molecular weight is 471 g/mol. The Morgan fingerprint density at radius 1 is 0.500 bits per heavy atom. The predicted molar refractivity (Wildman–Crippen MR) is 152 cm³/mol. The van der Waals surface area contributed by atoms with Gasteiger partial charge in [-0.2, -0.15) is 0 Å². The van der Waals surface area contributed by atoms with Gasteiger partial charge in [-0.05, 0) is 37.7 Å². The van der Waals surface area contributed by atoms with Gasteiger partial charge in [0.2, 0.25) is 0 Å². The second-order valence-corrected chi connectivity index (χ2v) is 10.3. The highest BCUT2D eigenvalue weighted by Crippen LogP contribution is 2.13. The lowest BCUT2D eigenvalue weighted by atomic mass is 10.0. The van der Waals surface area contributed by atoms with Crippen LogP contribution < -0.4 is 0 Å². The molecule has 0 bridgehead atoms. The summed E-state index contributed by atoms with van der Waals surface area (Å²) in [5.41, 5.74) is 1.28. The Morgan fingerprint density at radius 3 is 1.38 bits per heavy atom. The molecule has 34 heavy (non-hydrogen) atoms. The molecule has 0 aromatic heterocycles. The van der Waals surface area contributed by atoms with Gasteiger partial charge in [0.05, 0.1) is 6.61 Å². The van der Waals surface area contributed by atoms with Crippen LogP contribution in [-0.4, -0.2) is 6.61 Å². The topological polar surface area (TPSA) is 9.23 Å². The summed E-state index contributed by atoms with van der Waals surface area (Å²) in [6.45, 7) is 3.96. The van der Waals surface area contributed by atoms with Crippen molar-refractivity contribution in [1.82, 2.24) is 0 Å². The number of hydrogen-bond donors (Lipinski definition) is 0. The normalized spacial score (nSPS) is 11.6. The first-order valence-corrected chi connectivity index (χ1v) is 15.2. The highest BCUT2D eigenvalue weighted by atomic mass is 16.5. The number of rotatable bonds is 26. The summed E-state index contributed by atoms with van der Waals surface area (Å²) in [5, 5.41) is 0. The Labute approximate surface area is 214 Å². The molecule has 0 saturated carbocycles. The van der Waals surface area contributed by atoms with E-state index in [4.69, 9.17) is 4.74 Å². The zero-order valence-corrected chi connectivity index (χ0v) is 22.9. The van der Waals surface area contributed by atoms with Crippen LogP contribution in [0.15, 0.2) is 42.5 Å². The van der Waals surface area contributed by atoms with Crippen molar-refractivity contribution in [3.05, 3.63) is 48.0 Å². The third-order valence-corrected chi connectivity index (χ3v) is 6.91. The van der Waals surface area contributed by atoms with Crippen molar-refractivity contribution in [2.24, 2.45) is 0 Å². The van der Waals surface area contributed by atoms with Gasteiger partial charge in [0.25, 0.3) is 0 Å². The van der Waals surface area contributed by atoms with Crippen molar-refractivity contribution in [2.75, 3.05) is 6.61 Å². The fourth-order valence-corrected chi connectivity index (χ4v) is 4.63. The molecule has 0 atom stereocenters. The van der Waals surface area contributed by atoms with E-state index in [1.54, 1.807) is 0 Å². The minimum Gasteiger partial charge on any atom is -0.377 e. The lowest BCUT2D eigenvalue weighted by Crippen LogP contribution is -1.95. The van der Waals surface area contributed by atoms with Crippen molar-refractivity contribution < 1.29 is 4.74 Å². The molecule has 0 aliphatic carbocycles. The molecular weight excluding hydrogens is 412 g/mol. The van der Waals surface area contributed by atoms with E-state index in [-0.39, 0.29) is 0 Å². The molecule has 0 spiro atoms. The Morgan fingerprint density at radius 2 is 0.912 bits per heavy atom. The molecule has 0 radical (unpaired) electrons. The van der Waals surface area contributed by atoms with E-state index in [9.17, 15) is 0 Å². The number of ether oxygens (including phenoxy) is 1. The third kappa shape index (κ3) is 22.7. The molecule has 1 nitrogen and oxygen atoms in total. The van der Waals surface area contributed by atoms with Crippen LogP contribution in [0.5, 0.6) is 0 Å². The van der Waals surface area contributed by atoms with E-state index in [1.165, 1.54) is 147 Å². The summed E-state index contributed by atoms with van der Waals surface area (Å²) >= 11 is 0. The summed E-state index contributed by atoms with van der Waals surface area (Å²) in [6.07, 6.45) is 35.7. The molecular formula is C33H58O. The molecule has 0 amide bonds. The molecule has 1 aromatic carbocycles. The van der Waals surface area contributed by atoms with Gasteiger partial charge in [-0.1, -0.05) is 159 Å². The van der Waals surface area contributed by atoms with E-state index in [1.807, 2.05) is 0 Å². The quantitative estimate of drug-likeness (QED) is 0.0965. The summed E-state index contributed by atoms with van der Waals surface area (Å²) < 4.78 is 5.77. The predicted octanol–water partition coefficient (Wildman–Crippen LogP) is 11.4. The maximum absolute atomic E-state index is 5.77. The molecule has 0 saturated heterocycles. The maximum atomic E-state index is 5.77. The van der Waals surface area contributed by atoms with Gasteiger partial charge in [0.15, 0.2) is 0 Å². The standard InChI is InChI=1S/C33H58O/c1-2-3-4-5-6-7-8-9-10-11-12-13-14-15-16-17-18-19-20-21-22-23-24-28-31-34-32-33-29-26-25-27-30-33/h11-12,25-27,29-30H,2-10,13-24,28,31-32H2,1H3/b12-11+. The van der Waals surface area contributed by atoms with E-state index in [2.05, 4.69) is 49.4 Å². The smallest absolute Gasteiger partial charge is 0.0716 e. The SMILES string of the molecule is CCCCCCCCCC/C=C/CCCCCCCCCCCCCCOCc1ccccc1. The minimum atomic E-state index is 0.761. The molecule has 1 heteroatoms. The van der Waals surface area contributed by atoms with Crippen LogP contribution in [0.25, 0.3) is 0 Å². The summed E-state index contributed by atoms with van der Waals surface area (Å²) in [7, 11) is 0. The summed E-state index contributed by atoms with van der Waals surface area (Å²) in [5.74, 6) is 0. The van der Waals surface area contributed by atoms with Gasteiger partial charge in [-0.15, -0.1) is 0 Å². The van der Waals surface area contributed by atoms with Crippen molar-refractivity contribution in [1.29, 1.82) is 0 Å². The largest absolute Gasteiger partial charge is 0.377 e. The molecule has 0 aliphatic rings. The van der Waals surface area contributed by atoms with Crippen molar-refractivity contribution in [3.63, 3.8) is 0 Å². The zero-order chi connectivity index (χ0) is 24.2. The van der Waals surface area contributed by atoms with Crippen LogP contribution in [0, 0.1) is 0 Å². The molecule has 196 valence electrons. The number of allylic oxidation sites excluding steroid dienone is 2. The van der Waals surface area contributed by atoms with Crippen molar-refractivity contribution >= 4 is 0 Å². The van der Waals surface area contributed by atoms with Gasteiger partial charge in [-0.3, -0.25) is 0 Å². The van der Waals surface area contributed by atoms with Crippen molar-refractivity contribution in [2.45, 2.75) is 155 Å². The number of hydrogen-bond acceptors (Lipinski definition) is 1. The van der Waals surface area contributed by atoms with Crippen LogP contribution in [-0.2, 0) is 11.3 Å². The molecule has 1 rings (SSSR count). The van der Waals surface area contributed by atoms with Crippen LogP contribution in [0.4, 0.5) is 0 Å². The lowest BCUT2D eigenvalue weighted by molar-refractivity contribution is 0.116. The fraction of sp³-hybridized carbons (Fsp3) is 0.758. The Bertz CT molecular complexity index is 521. The van der Waals surface area contributed by atoms with E-state index < -0.39 is 0 Å². The Balaban J connectivity index is 1.67. The second kappa shape index (κ2) is 26.5. The minimum absolute atomic E-state index is 0.761. The number of benzene rings is 1. The van der Waals surface area contributed by atoms with E-state index in [0.717, 1.165) is 13.2 Å².